The Morgan fingerprint density at radius 2 is 2.24 bits per heavy atom. The van der Waals surface area contributed by atoms with Crippen LogP contribution in [0, 0.1) is 0 Å². The fourth-order valence-electron chi connectivity index (χ4n) is 1.27. The van der Waals surface area contributed by atoms with Gasteiger partial charge in [-0.25, -0.2) is 5.10 Å². The molecule has 0 unspecified atom stereocenters. The second kappa shape index (κ2) is 5.53. The van der Waals surface area contributed by atoms with Crippen molar-refractivity contribution < 1.29 is 4.79 Å². The second-order valence-corrected chi connectivity index (χ2v) is 4.32. The van der Waals surface area contributed by atoms with E-state index in [0.29, 0.717) is 0 Å². The van der Waals surface area contributed by atoms with E-state index in [4.69, 9.17) is 18.0 Å². The van der Waals surface area contributed by atoms with Crippen LogP contribution in [0.5, 0.6) is 0 Å². The van der Waals surface area contributed by atoms with Gasteiger partial charge in [0.2, 0.25) is 0 Å². The van der Waals surface area contributed by atoms with Gasteiger partial charge in [0, 0.05) is 12.1 Å². The van der Waals surface area contributed by atoms with Crippen molar-refractivity contribution in [1.29, 1.82) is 0 Å². The van der Waals surface area contributed by atoms with Crippen molar-refractivity contribution in [2.45, 2.75) is 19.9 Å². The number of amides is 1. The molecule has 0 aliphatic rings. The molecule has 1 amide bonds. The normalized spacial score (nSPS) is 10.3. The molecule has 17 heavy (non-hydrogen) atoms. The minimum atomic E-state index is -0.355. The van der Waals surface area contributed by atoms with Gasteiger partial charge in [0.1, 0.15) is 5.69 Å². The summed E-state index contributed by atoms with van der Waals surface area (Å²) in [5.41, 5.74) is 5.24. The number of nitrogens with two attached hydrogens (primary N) is 1. The highest BCUT2D eigenvalue weighted by Gasteiger charge is 2.20. The molecule has 1 aromatic rings. The van der Waals surface area contributed by atoms with Crippen molar-refractivity contribution >= 4 is 23.1 Å². The van der Waals surface area contributed by atoms with Gasteiger partial charge in [-0.2, -0.15) is 5.10 Å². The lowest BCUT2D eigenvalue weighted by molar-refractivity contribution is 0.0729. The summed E-state index contributed by atoms with van der Waals surface area (Å²) >= 11 is 4.79. The van der Waals surface area contributed by atoms with Crippen LogP contribution in [0.15, 0.2) is 16.9 Å². The molecule has 0 saturated carbocycles. The predicted molar refractivity (Wildman–Crippen MR) is 67.8 cm³/mol. The Labute approximate surface area is 104 Å². The van der Waals surface area contributed by atoms with Gasteiger partial charge in [0.25, 0.3) is 11.5 Å². The molecule has 0 aliphatic carbocycles. The second-order valence-electron chi connectivity index (χ2n) is 3.80. The van der Waals surface area contributed by atoms with E-state index < -0.39 is 0 Å². The lowest BCUT2D eigenvalue weighted by Gasteiger charge is -2.25. The van der Waals surface area contributed by atoms with Crippen LogP contribution >= 0.6 is 12.2 Å². The number of aromatic nitrogens is 2. The van der Waals surface area contributed by atoms with Crippen molar-refractivity contribution in [1.82, 2.24) is 15.1 Å². The summed E-state index contributed by atoms with van der Waals surface area (Å²) in [5, 5.41) is 5.89. The van der Waals surface area contributed by atoms with E-state index in [1.54, 1.807) is 0 Å². The fraction of sp³-hybridized carbons (Fsp3) is 0.400. The molecule has 0 bridgehead atoms. The molecule has 0 spiro atoms. The highest BCUT2D eigenvalue weighted by atomic mass is 32.1. The first-order valence-electron chi connectivity index (χ1n) is 5.07. The first-order valence-corrected chi connectivity index (χ1v) is 5.47. The van der Waals surface area contributed by atoms with E-state index in [1.165, 1.54) is 17.0 Å². The molecule has 92 valence electrons. The molecule has 0 radical (unpaired) electrons. The maximum atomic E-state index is 12.1. The third-order valence-corrected chi connectivity index (χ3v) is 2.24. The van der Waals surface area contributed by atoms with E-state index in [1.807, 2.05) is 13.8 Å². The third kappa shape index (κ3) is 3.63. The third-order valence-electron chi connectivity index (χ3n) is 2.11. The highest BCUT2D eigenvalue weighted by Crippen LogP contribution is 2.04. The van der Waals surface area contributed by atoms with Crippen LogP contribution in [0.25, 0.3) is 0 Å². The van der Waals surface area contributed by atoms with E-state index in [2.05, 4.69) is 10.2 Å². The largest absolute Gasteiger partial charge is 0.392 e. The van der Waals surface area contributed by atoms with Gasteiger partial charge in [0.05, 0.1) is 11.5 Å². The summed E-state index contributed by atoms with van der Waals surface area (Å²) in [4.78, 5) is 24.6. The molecule has 0 fully saturated rings. The first-order chi connectivity index (χ1) is 7.91. The van der Waals surface area contributed by atoms with E-state index in [0.717, 1.165) is 0 Å². The molecular weight excluding hydrogens is 240 g/mol. The van der Waals surface area contributed by atoms with Gasteiger partial charge in [-0.3, -0.25) is 9.59 Å². The average molecular weight is 254 g/mol. The standard InChI is InChI=1S/C10H14N4O2S/c1-6(2)14(5-8(11)17)10(16)7-3-4-9(15)13-12-7/h3-4,6H,5H2,1-2H3,(H2,11,17)(H,13,15). The van der Waals surface area contributed by atoms with Crippen molar-refractivity contribution in [3.05, 3.63) is 28.2 Å². The lowest BCUT2D eigenvalue weighted by Crippen LogP contribution is -2.42. The zero-order valence-corrected chi connectivity index (χ0v) is 10.5. The maximum absolute atomic E-state index is 12.1. The number of rotatable bonds is 4. The number of H-pyrrole nitrogens is 1. The highest BCUT2D eigenvalue weighted by molar-refractivity contribution is 7.80. The number of nitrogens with one attached hydrogen (secondary N) is 1. The number of hydrogen-bond acceptors (Lipinski definition) is 4. The molecule has 6 nitrogen and oxygen atoms in total. The topological polar surface area (TPSA) is 92.1 Å². The molecular formula is C10H14N4O2S. The van der Waals surface area contributed by atoms with Crippen LogP contribution in [-0.4, -0.2) is 38.6 Å². The number of thiocarbonyl (C=S) groups is 1. The quantitative estimate of drug-likeness (QED) is 0.732. The van der Waals surface area contributed by atoms with Crippen LogP contribution in [0.1, 0.15) is 24.3 Å². The Kier molecular flexibility index (Phi) is 4.33. The van der Waals surface area contributed by atoms with Gasteiger partial charge in [-0.15, -0.1) is 0 Å². The average Bonchev–Trinajstić information content (AvgIpc) is 2.25. The summed E-state index contributed by atoms with van der Waals surface area (Å²) in [6.45, 7) is 3.89. The number of nitrogens with zero attached hydrogens (tertiary/aromatic N) is 2. The van der Waals surface area contributed by atoms with Gasteiger partial charge in [-0.1, -0.05) is 12.2 Å². The molecule has 1 aromatic heterocycles. The van der Waals surface area contributed by atoms with Gasteiger partial charge >= 0.3 is 0 Å². The fourth-order valence-corrected chi connectivity index (χ4v) is 1.41. The first kappa shape index (κ1) is 13.3. The summed E-state index contributed by atoms with van der Waals surface area (Å²) in [5.74, 6) is -0.316. The molecule has 0 aromatic carbocycles. The lowest BCUT2D eigenvalue weighted by atomic mass is 10.2. The van der Waals surface area contributed by atoms with Crippen molar-refractivity contribution in [2.24, 2.45) is 5.73 Å². The van der Waals surface area contributed by atoms with E-state index >= 15 is 0 Å². The molecule has 3 N–H and O–H groups in total. The van der Waals surface area contributed by atoms with Crippen LogP contribution in [0.4, 0.5) is 0 Å². The van der Waals surface area contributed by atoms with E-state index in [9.17, 15) is 9.59 Å². The predicted octanol–water partition coefficient (Wildman–Crippen LogP) is -0.0934. The monoisotopic (exact) mass is 254 g/mol. The molecule has 0 atom stereocenters. The Bertz CT molecular complexity index is 463. The molecule has 0 saturated heterocycles. The van der Waals surface area contributed by atoms with Gasteiger partial charge in [0.15, 0.2) is 0 Å². The summed E-state index contributed by atoms with van der Waals surface area (Å²) in [6.07, 6.45) is 0. The van der Waals surface area contributed by atoms with Crippen LogP contribution in [0.2, 0.25) is 0 Å². The van der Waals surface area contributed by atoms with Gasteiger partial charge < -0.3 is 10.6 Å². The number of carbonyl (C=O) groups is 1. The Hall–Kier alpha value is -1.76. The van der Waals surface area contributed by atoms with Crippen LogP contribution in [0.3, 0.4) is 0 Å². The van der Waals surface area contributed by atoms with Gasteiger partial charge in [-0.05, 0) is 19.9 Å². The molecule has 7 heteroatoms. The van der Waals surface area contributed by atoms with E-state index in [-0.39, 0.29) is 34.7 Å². The van der Waals surface area contributed by atoms with Crippen molar-refractivity contribution in [2.75, 3.05) is 6.54 Å². The number of hydrogen-bond donors (Lipinski definition) is 2. The molecule has 1 heterocycles. The van der Waals surface area contributed by atoms with Crippen molar-refractivity contribution in [3.8, 4) is 0 Å². The van der Waals surface area contributed by atoms with Crippen LogP contribution < -0.4 is 11.3 Å². The Morgan fingerprint density at radius 1 is 1.59 bits per heavy atom. The summed E-state index contributed by atoms with van der Waals surface area (Å²) in [6, 6.07) is 2.56. The smallest absolute Gasteiger partial charge is 0.274 e. The number of aromatic amines is 1. The molecule has 1 rings (SSSR count). The summed E-state index contributed by atoms with van der Waals surface area (Å²) < 4.78 is 0. The van der Waals surface area contributed by atoms with Crippen molar-refractivity contribution in [3.63, 3.8) is 0 Å². The molecule has 0 aliphatic heterocycles. The zero-order valence-electron chi connectivity index (χ0n) is 9.64. The number of carbonyl (C=O) groups excluding carboxylic acids is 1. The minimum Gasteiger partial charge on any atom is -0.392 e. The maximum Gasteiger partial charge on any atom is 0.274 e. The van der Waals surface area contributed by atoms with Crippen LogP contribution in [-0.2, 0) is 0 Å². The minimum absolute atomic E-state index is 0.0577. The summed E-state index contributed by atoms with van der Waals surface area (Å²) in [7, 11) is 0. The SMILES string of the molecule is CC(C)N(CC(N)=S)C(=O)c1ccc(=O)[nH]n1. The Morgan fingerprint density at radius 3 is 2.65 bits per heavy atom. The zero-order chi connectivity index (χ0) is 13.0. The Balaban J connectivity index is 2.95.